The molecule has 0 bridgehead atoms. The Hall–Kier alpha value is -9.86. The minimum atomic E-state index is -1.54. The lowest BCUT2D eigenvalue weighted by atomic mass is 10.0. The molecule has 0 aromatic heterocycles. The molecule has 0 unspecified atom stereocenters. The molecule has 96 heavy (non-hydrogen) atoms. The van der Waals surface area contributed by atoms with Crippen molar-refractivity contribution in [2.24, 2.45) is 0 Å². The molecule has 34 nitrogen and oxygen atoms in total. The van der Waals surface area contributed by atoms with Gasteiger partial charge in [0.1, 0.15) is 35.7 Å². The number of carbonyl (C=O) groups is 14. The van der Waals surface area contributed by atoms with E-state index in [0.29, 0.717) is 86.7 Å². The van der Waals surface area contributed by atoms with E-state index >= 15 is 0 Å². The number of carboxylic acid groups (broad SMARTS) is 8. The molecule has 0 fully saturated rings. The van der Waals surface area contributed by atoms with Crippen LogP contribution in [0.4, 0.5) is 9.59 Å². The summed E-state index contributed by atoms with van der Waals surface area (Å²) in [4.78, 5) is 169. The fourth-order valence-electron chi connectivity index (χ4n) is 9.60. The first-order chi connectivity index (χ1) is 45.5. The maximum absolute atomic E-state index is 12.7. The van der Waals surface area contributed by atoms with E-state index in [0.717, 1.165) is 0 Å². The number of hydrogen-bond acceptors (Lipinski definition) is 18. The lowest BCUT2D eigenvalue weighted by molar-refractivity contribution is -0.142. The number of carboxylic acids is 8. The molecule has 0 heterocycles. The number of unbranched alkanes of at least 4 members (excludes halogenated alkanes) is 6. The molecule has 2 aromatic rings. The molecule has 2 rings (SSSR count). The van der Waals surface area contributed by atoms with Crippen LogP contribution in [0.25, 0.3) is 0 Å². The second-order valence-corrected chi connectivity index (χ2v) is 22.8. The van der Waals surface area contributed by atoms with Crippen LogP contribution in [-0.2, 0) is 83.5 Å². The summed E-state index contributed by atoms with van der Waals surface area (Å²) in [5.41, 5.74) is 2.09. The van der Waals surface area contributed by atoms with Crippen LogP contribution in [0.1, 0.15) is 151 Å². The van der Waals surface area contributed by atoms with Crippen LogP contribution in [-0.4, -0.2) is 221 Å². The van der Waals surface area contributed by atoms with E-state index < -0.39 is 123 Å². The third kappa shape index (κ3) is 38.4. The summed E-state index contributed by atoms with van der Waals surface area (Å²) in [6.45, 7) is 0.147. The molecule has 34 heteroatoms. The highest BCUT2D eigenvalue weighted by Gasteiger charge is 2.27. The molecular formula is C62H92N10O24. The van der Waals surface area contributed by atoms with Gasteiger partial charge in [0, 0.05) is 102 Å². The van der Waals surface area contributed by atoms with E-state index in [1.807, 2.05) is 0 Å². The molecule has 0 aliphatic heterocycles. The Balaban J connectivity index is 1.74. The molecule has 4 atom stereocenters. The number of rotatable bonds is 53. The van der Waals surface area contributed by atoms with E-state index in [1.54, 1.807) is 24.3 Å². The second kappa shape index (κ2) is 46.3. The summed E-state index contributed by atoms with van der Waals surface area (Å²) < 4.78 is 0. The molecule has 0 radical (unpaired) electrons. The lowest BCUT2D eigenvalue weighted by Gasteiger charge is -2.26. The number of phenols is 2. The topological polar surface area (TPSA) is 544 Å². The average Bonchev–Trinajstić information content (AvgIpc) is 0.925. The number of aryl methyl sites for hydroxylation is 2. The molecule has 0 spiro atoms. The highest BCUT2D eigenvalue weighted by Crippen LogP contribution is 2.24. The van der Waals surface area contributed by atoms with Gasteiger partial charge in [-0.05, 0) is 113 Å². The number of aliphatic carboxylic acids is 8. The van der Waals surface area contributed by atoms with Gasteiger partial charge in [-0.25, -0.2) is 28.8 Å². The predicted octanol–water partition coefficient (Wildman–Crippen LogP) is 1.50. The van der Waals surface area contributed by atoms with E-state index in [-0.39, 0.29) is 139 Å². The molecule has 2 aromatic carbocycles. The Labute approximate surface area is 553 Å². The number of carbonyl (C=O) groups excluding carboxylic acids is 6. The van der Waals surface area contributed by atoms with Gasteiger partial charge >= 0.3 is 59.8 Å². The highest BCUT2D eigenvalue weighted by atomic mass is 16.4. The molecular weight excluding hydrogens is 1270 g/mol. The Kier molecular flexibility index (Phi) is 39.6. The third-order valence-corrected chi connectivity index (χ3v) is 14.8. The number of nitrogens with one attached hydrogen (secondary N) is 8. The van der Waals surface area contributed by atoms with Gasteiger partial charge in [0.25, 0.3) is 0 Å². The van der Waals surface area contributed by atoms with Crippen LogP contribution in [0, 0.1) is 0 Å². The van der Waals surface area contributed by atoms with Gasteiger partial charge in [-0.1, -0.05) is 37.1 Å². The van der Waals surface area contributed by atoms with Crippen molar-refractivity contribution in [3.05, 3.63) is 58.7 Å². The maximum Gasteiger partial charge on any atom is 0.326 e. The predicted molar refractivity (Wildman–Crippen MR) is 338 cm³/mol. The first-order valence-corrected chi connectivity index (χ1v) is 31.6. The standard InChI is InChI=1S/C62H92N10O24/c73-47-21-15-39(17-23-51(77)65-27-7-1-3-13-49(75)63-29-9-5-11-43(57(87)88)67-61(95)69-45(59(91)92)19-25-53(79)80)33-41(47)35-71(37-55(83)84)31-32-72(38-56(85)86)36-42-34-40(16-22-48(42)74)18-24-52(78)66-28-8-2-4-14-50(76)64-30-10-6-12-44(58(89)90)68-62(96)70-46(60(93)94)20-26-54(81)82/h15-16,21-22,33-34,43-46,73-74H,1-14,17-20,23-32,35-38H2,(H,63,75)(H,64,76)(H,65,77)(H,66,78)(H,79,80)(H,81,82)(H,83,84)(H,85,86)(H,87,88)(H,89,90)(H,91,92)(H,93,94)(H2,67,69,95)(H2,68,70,96)/t43-,44-,45-,46+/m0/s1. The van der Waals surface area contributed by atoms with Crippen molar-refractivity contribution in [2.45, 2.75) is 179 Å². The number of nitrogens with zero attached hydrogens (tertiary/aromatic N) is 2. The second-order valence-electron chi connectivity index (χ2n) is 22.8. The van der Waals surface area contributed by atoms with E-state index in [9.17, 15) is 108 Å². The van der Waals surface area contributed by atoms with Gasteiger partial charge < -0.3 is 93.6 Å². The zero-order valence-corrected chi connectivity index (χ0v) is 53.5. The quantitative estimate of drug-likeness (QED) is 0.0417. The van der Waals surface area contributed by atoms with Gasteiger partial charge in [-0.15, -0.1) is 0 Å². The fraction of sp³-hybridized carbons (Fsp3) is 0.581. The maximum atomic E-state index is 12.7. The number of amides is 8. The third-order valence-electron chi connectivity index (χ3n) is 14.8. The smallest absolute Gasteiger partial charge is 0.326 e. The highest BCUT2D eigenvalue weighted by molar-refractivity contribution is 5.87. The monoisotopic (exact) mass is 1360 g/mol. The minimum absolute atomic E-state index is 0.0249. The zero-order valence-electron chi connectivity index (χ0n) is 53.5. The molecule has 0 aliphatic rings. The van der Waals surface area contributed by atoms with Crippen molar-refractivity contribution < 1.29 is 118 Å². The minimum Gasteiger partial charge on any atom is -0.508 e. The van der Waals surface area contributed by atoms with E-state index in [1.165, 1.54) is 21.9 Å². The average molecular weight is 1360 g/mol. The normalized spacial score (nSPS) is 12.2. The van der Waals surface area contributed by atoms with Crippen LogP contribution in [0.3, 0.4) is 0 Å². The van der Waals surface area contributed by atoms with Crippen LogP contribution in [0.15, 0.2) is 36.4 Å². The van der Waals surface area contributed by atoms with Crippen molar-refractivity contribution in [3.8, 4) is 11.5 Å². The van der Waals surface area contributed by atoms with Crippen molar-refractivity contribution in [2.75, 3.05) is 52.4 Å². The number of urea groups is 2. The number of phenolic OH excluding ortho intramolecular Hbond substituents is 2. The van der Waals surface area contributed by atoms with Crippen molar-refractivity contribution >= 4 is 83.4 Å². The molecule has 0 saturated carbocycles. The fourth-order valence-corrected chi connectivity index (χ4v) is 9.60. The molecule has 18 N–H and O–H groups in total. The molecule has 0 aliphatic carbocycles. The van der Waals surface area contributed by atoms with Crippen LogP contribution in [0.5, 0.6) is 11.5 Å². The van der Waals surface area contributed by atoms with Crippen molar-refractivity contribution in [1.82, 2.24) is 52.3 Å². The summed E-state index contributed by atoms with van der Waals surface area (Å²) in [6.07, 6.45) is 4.02. The first kappa shape index (κ1) is 82.2. The van der Waals surface area contributed by atoms with Gasteiger partial charge in [0.05, 0.1) is 13.1 Å². The van der Waals surface area contributed by atoms with Gasteiger partial charge in [-0.3, -0.25) is 48.2 Å². The van der Waals surface area contributed by atoms with Crippen molar-refractivity contribution in [1.29, 1.82) is 0 Å². The van der Waals surface area contributed by atoms with Crippen LogP contribution < -0.4 is 42.5 Å². The van der Waals surface area contributed by atoms with E-state index in [2.05, 4.69) is 42.5 Å². The number of aromatic hydroxyl groups is 2. The zero-order chi connectivity index (χ0) is 71.5. The summed E-state index contributed by atoms with van der Waals surface area (Å²) in [6, 6.07) is 1.47. The SMILES string of the molecule is O=C(O)CC[C@H](NC(=O)N[C@@H](CCCCNC(=O)CCCCCNC(=O)CCc1ccc(O)c(CN(CCN(CC(=O)O)Cc2cc(CCC(=O)NCCCCCC(=O)NCCCC[C@H](NC(=O)N[C@H](CCC(=O)O)C(=O)O)C(=O)O)ccc2O)CC(=O)O)c1)C(=O)O)C(=O)O. The molecule has 8 amide bonds. The summed E-state index contributed by atoms with van der Waals surface area (Å²) >= 11 is 0. The summed E-state index contributed by atoms with van der Waals surface area (Å²) in [5, 5.41) is 116. The van der Waals surface area contributed by atoms with Gasteiger partial charge in [0.15, 0.2) is 0 Å². The van der Waals surface area contributed by atoms with Crippen molar-refractivity contribution in [3.63, 3.8) is 0 Å². The molecule has 0 saturated heterocycles. The van der Waals surface area contributed by atoms with Gasteiger partial charge in [0.2, 0.25) is 23.6 Å². The molecule has 534 valence electrons. The van der Waals surface area contributed by atoms with Gasteiger partial charge in [-0.2, -0.15) is 0 Å². The number of benzene rings is 2. The van der Waals surface area contributed by atoms with E-state index in [4.69, 9.17) is 10.2 Å². The Morgan fingerprint density at radius 1 is 0.344 bits per heavy atom. The number of hydrogen-bond donors (Lipinski definition) is 18. The summed E-state index contributed by atoms with van der Waals surface area (Å²) in [5.74, 6) is -11.8. The Bertz CT molecular complexity index is 2740. The Morgan fingerprint density at radius 2 is 0.646 bits per heavy atom. The first-order valence-electron chi connectivity index (χ1n) is 31.6. The van der Waals surface area contributed by atoms with Crippen LogP contribution >= 0.6 is 0 Å². The lowest BCUT2D eigenvalue weighted by Crippen LogP contribution is -2.51. The largest absolute Gasteiger partial charge is 0.508 e. The summed E-state index contributed by atoms with van der Waals surface area (Å²) in [7, 11) is 0. The Morgan fingerprint density at radius 3 is 0.948 bits per heavy atom. The van der Waals surface area contributed by atoms with Crippen LogP contribution in [0.2, 0.25) is 0 Å².